The summed E-state index contributed by atoms with van der Waals surface area (Å²) in [6, 6.07) is 11.9. The standard InChI is InChI=1S/C12H15N/c1-3-12-10(2)13(12)9-11-7-5-4-6-8-11/h3-8,10,12H,1,9H2,2H3/t10-,12-,13?/m0/s1. The molecule has 1 heterocycles. The zero-order valence-corrected chi connectivity index (χ0v) is 7.98. The summed E-state index contributed by atoms with van der Waals surface area (Å²) >= 11 is 0. The highest BCUT2D eigenvalue weighted by molar-refractivity contribution is 5.18. The Labute approximate surface area is 79.7 Å². The van der Waals surface area contributed by atoms with E-state index >= 15 is 0 Å². The molecule has 1 fully saturated rings. The Bertz CT molecular complexity index is 291. The van der Waals surface area contributed by atoms with Crippen molar-refractivity contribution in [3.05, 3.63) is 48.6 Å². The van der Waals surface area contributed by atoms with Crippen LogP contribution in [0.1, 0.15) is 12.5 Å². The van der Waals surface area contributed by atoms with Gasteiger partial charge in [0.25, 0.3) is 0 Å². The Balaban J connectivity index is 1.97. The van der Waals surface area contributed by atoms with Crippen molar-refractivity contribution in [3.8, 4) is 0 Å². The van der Waals surface area contributed by atoms with E-state index in [1.54, 1.807) is 0 Å². The van der Waals surface area contributed by atoms with Crippen molar-refractivity contribution in [2.24, 2.45) is 0 Å². The lowest BCUT2D eigenvalue weighted by Gasteiger charge is -2.01. The second-order valence-corrected chi connectivity index (χ2v) is 3.62. The van der Waals surface area contributed by atoms with Crippen LogP contribution in [-0.2, 0) is 6.54 Å². The van der Waals surface area contributed by atoms with Crippen molar-refractivity contribution in [2.75, 3.05) is 0 Å². The maximum absolute atomic E-state index is 3.82. The first-order chi connectivity index (χ1) is 6.33. The molecule has 0 aliphatic carbocycles. The summed E-state index contributed by atoms with van der Waals surface area (Å²) in [6.45, 7) is 7.12. The first kappa shape index (κ1) is 8.52. The summed E-state index contributed by atoms with van der Waals surface area (Å²) in [6.07, 6.45) is 2.04. The molecule has 3 atom stereocenters. The zero-order valence-electron chi connectivity index (χ0n) is 7.98. The van der Waals surface area contributed by atoms with Crippen molar-refractivity contribution >= 4 is 0 Å². The second kappa shape index (κ2) is 3.35. The highest BCUT2D eigenvalue weighted by Gasteiger charge is 2.40. The van der Waals surface area contributed by atoms with Crippen LogP contribution in [0.15, 0.2) is 43.0 Å². The Kier molecular flexibility index (Phi) is 2.19. The third-order valence-electron chi connectivity index (χ3n) is 2.76. The Morgan fingerprint density at radius 2 is 2.08 bits per heavy atom. The molecule has 0 bridgehead atoms. The molecule has 1 unspecified atom stereocenters. The number of rotatable bonds is 3. The normalized spacial score (nSPS) is 31.3. The first-order valence-corrected chi connectivity index (χ1v) is 4.75. The van der Waals surface area contributed by atoms with Crippen LogP contribution < -0.4 is 0 Å². The van der Waals surface area contributed by atoms with Gasteiger partial charge in [0, 0.05) is 18.6 Å². The fourth-order valence-electron chi connectivity index (χ4n) is 1.81. The summed E-state index contributed by atoms with van der Waals surface area (Å²) in [7, 11) is 0. The van der Waals surface area contributed by atoms with Crippen LogP contribution in [0.5, 0.6) is 0 Å². The summed E-state index contributed by atoms with van der Waals surface area (Å²) in [4.78, 5) is 2.43. The molecule has 2 rings (SSSR count). The predicted octanol–water partition coefficient (Wildman–Crippen LogP) is 2.45. The Morgan fingerprint density at radius 3 is 2.62 bits per heavy atom. The van der Waals surface area contributed by atoms with Gasteiger partial charge in [0.1, 0.15) is 0 Å². The van der Waals surface area contributed by atoms with Crippen LogP contribution in [0.4, 0.5) is 0 Å². The quantitative estimate of drug-likeness (QED) is 0.501. The number of nitrogens with zero attached hydrogens (tertiary/aromatic N) is 1. The zero-order chi connectivity index (χ0) is 9.26. The van der Waals surface area contributed by atoms with Crippen molar-refractivity contribution in [3.63, 3.8) is 0 Å². The molecule has 0 aromatic heterocycles. The number of benzene rings is 1. The van der Waals surface area contributed by atoms with Gasteiger partial charge in [0.15, 0.2) is 0 Å². The lowest BCUT2D eigenvalue weighted by molar-refractivity contribution is 0.497. The van der Waals surface area contributed by atoms with E-state index in [0.717, 1.165) is 6.54 Å². The average Bonchev–Trinajstić information content (AvgIpc) is 2.78. The topological polar surface area (TPSA) is 3.01 Å². The molecule has 1 saturated heterocycles. The van der Waals surface area contributed by atoms with E-state index in [-0.39, 0.29) is 0 Å². The van der Waals surface area contributed by atoms with Crippen molar-refractivity contribution in [1.29, 1.82) is 0 Å². The molecule has 0 amide bonds. The minimum absolute atomic E-state index is 0.597. The van der Waals surface area contributed by atoms with Crippen LogP contribution in [0.2, 0.25) is 0 Å². The number of hydrogen-bond donors (Lipinski definition) is 0. The van der Waals surface area contributed by atoms with E-state index < -0.39 is 0 Å². The smallest absolute Gasteiger partial charge is 0.0436 e. The van der Waals surface area contributed by atoms with Gasteiger partial charge in [-0.15, -0.1) is 6.58 Å². The van der Waals surface area contributed by atoms with E-state index in [4.69, 9.17) is 0 Å². The Morgan fingerprint density at radius 1 is 1.38 bits per heavy atom. The Hall–Kier alpha value is -1.08. The molecule has 1 heteroatoms. The number of hydrogen-bond acceptors (Lipinski definition) is 1. The van der Waals surface area contributed by atoms with Crippen LogP contribution in [0, 0.1) is 0 Å². The maximum atomic E-state index is 3.82. The monoisotopic (exact) mass is 173 g/mol. The van der Waals surface area contributed by atoms with Gasteiger partial charge in [0.2, 0.25) is 0 Å². The van der Waals surface area contributed by atoms with E-state index in [1.165, 1.54) is 5.56 Å². The lowest BCUT2D eigenvalue weighted by atomic mass is 10.2. The summed E-state index contributed by atoms with van der Waals surface area (Å²) in [5, 5.41) is 0. The minimum atomic E-state index is 0.597. The highest BCUT2D eigenvalue weighted by atomic mass is 15.3. The molecule has 1 aliphatic heterocycles. The van der Waals surface area contributed by atoms with Crippen LogP contribution in [-0.4, -0.2) is 17.0 Å². The van der Waals surface area contributed by atoms with E-state index in [1.807, 2.05) is 6.08 Å². The average molecular weight is 173 g/mol. The fourth-order valence-corrected chi connectivity index (χ4v) is 1.81. The minimum Gasteiger partial charge on any atom is -0.287 e. The third-order valence-corrected chi connectivity index (χ3v) is 2.76. The fraction of sp³-hybridized carbons (Fsp3) is 0.333. The molecule has 1 aromatic carbocycles. The van der Waals surface area contributed by atoms with Gasteiger partial charge in [-0.05, 0) is 12.5 Å². The summed E-state index contributed by atoms with van der Waals surface area (Å²) in [5.41, 5.74) is 1.39. The van der Waals surface area contributed by atoms with Crippen LogP contribution in [0.25, 0.3) is 0 Å². The van der Waals surface area contributed by atoms with Crippen molar-refractivity contribution < 1.29 is 0 Å². The van der Waals surface area contributed by atoms with Gasteiger partial charge >= 0.3 is 0 Å². The van der Waals surface area contributed by atoms with Gasteiger partial charge in [-0.2, -0.15) is 0 Å². The molecule has 1 aromatic rings. The van der Waals surface area contributed by atoms with Gasteiger partial charge in [0.05, 0.1) is 0 Å². The van der Waals surface area contributed by atoms with E-state index in [0.29, 0.717) is 12.1 Å². The van der Waals surface area contributed by atoms with Crippen molar-refractivity contribution in [1.82, 2.24) is 4.90 Å². The van der Waals surface area contributed by atoms with Crippen molar-refractivity contribution in [2.45, 2.75) is 25.6 Å². The maximum Gasteiger partial charge on any atom is 0.0436 e. The van der Waals surface area contributed by atoms with Gasteiger partial charge < -0.3 is 0 Å². The summed E-state index contributed by atoms with van der Waals surface area (Å²) < 4.78 is 0. The highest BCUT2D eigenvalue weighted by Crippen LogP contribution is 2.30. The largest absolute Gasteiger partial charge is 0.287 e. The predicted molar refractivity (Wildman–Crippen MR) is 55.4 cm³/mol. The van der Waals surface area contributed by atoms with Gasteiger partial charge in [-0.3, -0.25) is 4.90 Å². The van der Waals surface area contributed by atoms with Crippen LogP contribution in [0.3, 0.4) is 0 Å². The molecule has 1 aliphatic rings. The summed E-state index contributed by atoms with van der Waals surface area (Å²) in [5.74, 6) is 0. The lowest BCUT2D eigenvalue weighted by Crippen LogP contribution is -2.00. The third kappa shape index (κ3) is 1.65. The molecule has 0 radical (unpaired) electrons. The SMILES string of the molecule is C=C[C@H]1[C@H](C)N1Cc1ccccc1. The van der Waals surface area contributed by atoms with Gasteiger partial charge in [-0.1, -0.05) is 36.4 Å². The molecular weight excluding hydrogens is 158 g/mol. The molecular formula is C12H15N. The second-order valence-electron chi connectivity index (χ2n) is 3.62. The molecule has 68 valence electrons. The van der Waals surface area contributed by atoms with Crippen LogP contribution >= 0.6 is 0 Å². The molecule has 0 N–H and O–H groups in total. The molecule has 0 spiro atoms. The first-order valence-electron chi connectivity index (χ1n) is 4.75. The van der Waals surface area contributed by atoms with E-state index in [2.05, 4.69) is 48.7 Å². The molecule has 1 nitrogen and oxygen atoms in total. The van der Waals surface area contributed by atoms with E-state index in [9.17, 15) is 0 Å². The van der Waals surface area contributed by atoms with Gasteiger partial charge in [-0.25, -0.2) is 0 Å². The molecule has 13 heavy (non-hydrogen) atoms. The molecule has 0 saturated carbocycles.